The fraction of sp³-hybridized carbons (Fsp3) is 0.130. The summed E-state index contributed by atoms with van der Waals surface area (Å²) >= 11 is 2.87. The summed E-state index contributed by atoms with van der Waals surface area (Å²) in [5.74, 6) is -0.0728. The van der Waals surface area contributed by atoms with E-state index in [0.29, 0.717) is 11.6 Å². The molecule has 1 N–H and O–H groups in total. The Balaban J connectivity index is 1.44. The lowest BCUT2D eigenvalue weighted by molar-refractivity contribution is -0.115. The number of amides is 1. The Morgan fingerprint density at radius 1 is 1.00 bits per heavy atom. The van der Waals surface area contributed by atoms with Crippen LogP contribution in [0.5, 0.6) is 0 Å². The summed E-state index contributed by atoms with van der Waals surface area (Å²) in [7, 11) is 0. The van der Waals surface area contributed by atoms with Gasteiger partial charge in [0.15, 0.2) is 5.13 Å². The highest BCUT2D eigenvalue weighted by Gasteiger charge is 2.20. The lowest BCUT2D eigenvalue weighted by atomic mass is 10.1. The first-order valence-electron chi connectivity index (χ1n) is 9.59. The summed E-state index contributed by atoms with van der Waals surface area (Å²) in [6.45, 7) is 1.99. The summed E-state index contributed by atoms with van der Waals surface area (Å²) < 4.78 is 0. The highest BCUT2D eigenvalue weighted by Crippen LogP contribution is 2.29. The van der Waals surface area contributed by atoms with E-state index in [0.717, 1.165) is 27.5 Å². The van der Waals surface area contributed by atoms with Crippen molar-refractivity contribution in [3.63, 3.8) is 0 Å². The highest BCUT2D eigenvalue weighted by atomic mass is 32.2. The Kier molecular flexibility index (Phi) is 6.51. The molecule has 0 radical (unpaired) electrons. The molecule has 0 aliphatic rings. The molecule has 5 nitrogen and oxygen atoms in total. The Hall–Kier alpha value is -3.03. The number of benzene rings is 2. The number of hydrogen-bond donors (Lipinski definition) is 1. The van der Waals surface area contributed by atoms with Gasteiger partial charge in [0.25, 0.3) is 0 Å². The van der Waals surface area contributed by atoms with Crippen LogP contribution in [-0.2, 0) is 4.79 Å². The topological polar surface area (TPSA) is 67.8 Å². The molecule has 0 bridgehead atoms. The molecule has 4 aromatic rings. The maximum Gasteiger partial charge on any atom is 0.239 e. The predicted octanol–water partition coefficient (Wildman–Crippen LogP) is 5.78. The summed E-state index contributed by atoms with van der Waals surface area (Å²) in [5.41, 5.74) is 3.76. The quantitative estimate of drug-likeness (QED) is 0.296. The third-order valence-electron chi connectivity index (χ3n) is 4.44. The summed E-state index contributed by atoms with van der Waals surface area (Å²) in [6.07, 6.45) is 2.22. The smallest absolute Gasteiger partial charge is 0.239 e. The minimum atomic E-state index is -0.271. The van der Waals surface area contributed by atoms with Gasteiger partial charge in [0.05, 0.1) is 16.6 Å². The molecule has 30 heavy (non-hydrogen) atoms. The van der Waals surface area contributed by atoms with Gasteiger partial charge < -0.3 is 5.32 Å². The van der Waals surface area contributed by atoms with E-state index in [9.17, 15) is 4.79 Å². The molecular formula is C23H20N4OS2. The molecule has 2 heterocycles. The van der Waals surface area contributed by atoms with Crippen LogP contribution < -0.4 is 5.32 Å². The predicted molar refractivity (Wildman–Crippen MR) is 124 cm³/mol. The fourth-order valence-corrected chi connectivity index (χ4v) is 4.53. The molecule has 1 amide bonds. The number of nitrogens with one attached hydrogen (secondary N) is 1. The summed E-state index contributed by atoms with van der Waals surface area (Å²) in [6, 6.07) is 21.8. The van der Waals surface area contributed by atoms with Gasteiger partial charge in [-0.15, -0.1) is 11.3 Å². The van der Waals surface area contributed by atoms with E-state index < -0.39 is 0 Å². The summed E-state index contributed by atoms with van der Waals surface area (Å²) in [5, 5.41) is 6.01. The van der Waals surface area contributed by atoms with Gasteiger partial charge >= 0.3 is 0 Å². The van der Waals surface area contributed by atoms with Gasteiger partial charge in [0, 0.05) is 16.5 Å². The maximum atomic E-state index is 12.8. The van der Waals surface area contributed by atoms with E-state index in [4.69, 9.17) is 0 Å². The zero-order valence-electron chi connectivity index (χ0n) is 16.4. The zero-order valence-corrected chi connectivity index (χ0v) is 18.0. The normalized spacial score (nSPS) is 11.8. The molecule has 1 atom stereocenters. The SMILES string of the molecule is CCC(Sc1cc(-c2ccccc2)ncn1)C(=O)Nc1nc(-c2ccccc2)cs1. The van der Waals surface area contributed by atoms with Gasteiger partial charge in [-0.2, -0.15) is 0 Å². The molecular weight excluding hydrogens is 412 g/mol. The van der Waals surface area contributed by atoms with E-state index >= 15 is 0 Å². The molecule has 4 rings (SSSR count). The van der Waals surface area contributed by atoms with Crippen molar-refractivity contribution in [1.29, 1.82) is 0 Å². The van der Waals surface area contributed by atoms with Crippen LogP contribution in [0.3, 0.4) is 0 Å². The molecule has 2 aromatic heterocycles. The first-order valence-corrected chi connectivity index (χ1v) is 11.3. The van der Waals surface area contributed by atoms with Crippen LogP contribution in [0, 0.1) is 0 Å². The van der Waals surface area contributed by atoms with Crippen molar-refractivity contribution in [1.82, 2.24) is 15.0 Å². The first kappa shape index (κ1) is 20.3. The molecule has 0 spiro atoms. The van der Waals surface area contributed by atoms with Crippen LogP contribution in [0.15, 0.2) is 83.5 Å². The molecule has 0 fully saturated rings. The average Bonchev–Trinajstić information content (AvgIpc) is 3.27. The Labute approximate surface area is 183 Å². The number of nitrogens with zero attached hydrogens (tertiary/aromatic N) is 3. The van der Waals surface area contributed by atoms with E-state index in [1.165, 1.54) is 23.1 Å². The third kappa shape index (κ3) is 4.93. The van der Waals surface area contributed by atoms with Gasteiger partial charge in [-0.3, -0.25) is 4.79 Å². The van der Waals surface area contributed by atoms with Crippen molar-refractivity contribution < 1.29 is 4.79 Å². The van der Waals surface area contributed by atoms with Crippen LogP contribution in [0.4, 0.5) is 5.13 Å². The van der Waals surface area contributed by atoms with Crippen molar-refractivity contribution >= 4 is 34.1 Å². The Bertz CT molecular complexity index is 1120. The van der Waals surface area contributed by atoms with Crippen LogP contribution in [0.25, 0.3) is 22.5 Å². The maximum absolute atomic E-state index is 12.8. The number of anilines is 1. The molecule has 2 aromatic carbocycles. The first-order chi connectivity index (χ1) is 14.7. The number of carbonyl (C=O) groups excluding carboxylic acids is 1. The van der Waals surface area contributed by atoms with Crippen LogP contribution in [0.1, 0.15) is 13.3 Å². The summed E-state index contributed by atoms with van der Waals surface area (Å²) in [4.78, 5) is 26.1. The van der Waals surface area contributed by atoms with Gasteiger partial charge in [-0.25, -0.2) is 15.0 Å². The largest absolute Gasteiger partial charge is 0.301 e. The lowest BCUT2D eigenvalue weighted by Gasteiger charge is -2.13. The number of hydrogen-bond acceptors (Lipinski definition) is 6. The Morgan fingerprint density at radius 3 is 2.33 bits per heavy atom. The van der Waals surface area contributed by atoms with Crippen LogP contribution in [0.2, 0.25) is 0 Å². The Morgan fingerprint density at radius 2 is 1.67 bits per heavy atom. The van der Waals surface area contributed by atoms with E-state index in [2.05, 4.69) is 20.3 Å². The minimum Gasteiger partial charge on any atom is -0.301 e. The molecule has 7 heteroatoms. The van der Waals surface area contributed by atoms with E-state index in [1.807, 2.05) is 79.0 Å². The van der Waals surface area contributed by atoms with Gasteiger partial charge in [-0.05, 0) is 12.5 Å². The number of thiazole rings is 1. The second kappa shape index (κ2) is 9.65. The highest BCUT2D eigenvalue weighted by molar-refractivity contribution is 8.00. The second-order valence-electron chi connectivity index (χ2n) is 6.52. The van der Waals surface area contributed by atoms with E-state index in [-0.39, 0.29) is 11.2 Å². The van der Waals surface area contributed by atoms with Gasteiger partial charge in [0.2, 0.25) is 5.91 Å². The molecule has 0 saturated carbocycles. The van der Waals surface area contributed by atoms with Crippen molar-refractivity contribution in [2.75, 3.05) is 5.32 Å². The lowest BCUT2D eigenvalue weighted by Crippen LogP contribution is -2.24. The molecule has 0 aliphatic heterocycles. The zero-order chi connectivity index (χ0) is 20.8. The third-order valence-corrected chi connectivity index (χ3v) is 6.50. The van der Waals surface area contributed by atoms with Gasteiger partial charge in [-0.1, -0.05) is 79.3 Å². The van der Waals surface area contributed by atoms with Crippen molar-refractivity contribution in [3.8, 4) is 22.5 Å². The van der Waals surface area contributed by atoms with Crippen molar-refractivity contribution in [3.05, 3.63) is 78.4 Å². The average molecular weight is 433 g/mol. The van der Waals surface area contributed by atoms with Crippen molar-refractivity contribution in [2.45, 2.75) is 23.6 Å². The molecule has 0 aliphatic carbocycles. The van der Waals surface area contributed by atoms with Crippen molar-refractivity contribution in [2.24, 2.45) is 0 Å². The monoisotopic (exact) mass is 432 g/mol. The molecule has 0 saturated heterocycles. The number of rotatable bonds is 7. The van der Waals surface area contributed by atoms with Crippen LogP contribution >= 0.6 is 23.1 Å². The molecule has 150 valence electrons. The number of carbonyl (C=O) groups is 1. The molecule has 1 unspecified atom stereocenters. The standard InChI is InChI=1S/C23H20N4OS2/c1-2-20(30-21-13-18(24-15-25-21)16-9-5-3-6-10-16)22(28)27-23-26-19(14-29-23)17-11-7-4-8-12-17/h3-15,20H,2H2,1H3,(H,26,27,28). The fourth-order valence-electron chi connectivity index (χ4n) is 2.90. The number of thioether (sulfide) groups is 1. The van der Waals surface area contributed by atoms with Gasteiger partial charge in [0.1, 0.15) is 11.4 Å². The number of aromatic nitrogens is 3. The van der Waals surface area contributed by atoms with E-state index in [1.54, 1.807) is 6.33 Å². The minimum absolute atomic E-state index is 0.0728. The van der Waals surface area contributed by atoms with Crippen LogP contribution in [-0.4, -0.2) is 26.1 Å². The second-order valence-corrected chi connectivity index (χ2v) is 8.60.